The fourth-order valence-electron chi connectivity index (χ4n) is 1.83. The minimum absolute atomic E-state index is 0.0431. The highest BCUT2D eigenvalue weighted by Gasteiger charge is 2.11. The second kappa shape index (κ2) is 7.46. The molecule has 0 aliphatic rings. The monoisotopic (exact) mass is 297 g/mol. The minimum Gasteiger partial charge on any atom is -0.349 e. The van der Waals surface area contributed by atoms with Gasteiger partial charge in [0.15, 0.2) is 0 Å². The van der Waals surface area contributed by atoms with Gasteiger partial charge >= 0.3 is 0 Å². The zero-order valence-electron chi connectivity index (χ0n) is 11.6. The lowest BCUT2D eigenvalue weighted by Crippen LogP contribution is -2.28. The molecule has 0 unspecified atom stereocenters. The molecule has 1 atom stereocenters. The molecule has 1 heterocycles. The summed E-state index contributed by atoms with van der Waals surface area (Å²) in [5, 5.41) is 12.5. The predicted octanol–water partition coefficient (Wildman–Crippen LogP) is 2.92. The molecule has 0 saturated heterocycles. The largest absolute Gasteiger partial charge is 0.349 e. The van der Waals surface area contributed by atoms with E-state index < -0.39 is 0 Å². The molecule has 1 aromatic heterocycles. The smallest absolute Gasteiger partial charge is 0.230 e. The van der Waals surface area contributed by atoms with Crippen LogP contribution in [-0.2, 0) is 4.79 Å². The second-order valence-corrected chi connectivity index (χ2v) is 5.42. The van der Waals surface area contributed by atoms with Crippen LogP contribution in [0.1, 0.15) is 24.1 Å². The van der Waals surface area contributed by atoms with E-state index in [1.165, 1.54) is 11.8 Å². The average Bonchev–Trinajstić information content (AvgIpc) is 2.54. The number of pyridine rings is 1. The summed E-state index contributed by atoms with van der Waals surface area (Å²) in [5.41, 5.74) is 1.55. The fraction of sp³-hybridized carbons (Fsp3) is 0.188. The molecule has 0 aliphatic carbocycles. The first-order valence-corrected chi connectivity index (χ1v) is 7.51. The van der Waals surface area contributed by atoms with Crippen LogP contribution in [0.5, 0.6) is 0 Å². The molecule has 2 rings (SSSR count). The summed E-state index contributed by atoms with van der Waals surface area (Å²) in [7, 11) is 0. The Labute approximate surface area is 128 Å². The lowest BCUT2D eigenvalue weighted by atomic mass is 10.1. The standard InChI is InChI=1S/C16H15N3OS/c1-12(13-6-3-2-4-7-13)19-15(20)11-21-16-14(10-17)8-5-9-18-16/h2-9,12H,11H2,1H3,(H,19,20)/t12-/m1/s1. The summed E-state index contributed by atoms with van der Waals surface area (Å²) in [5.74, 6) is 0.161. The van der Waals surface area contributed by atoms with Crippen molar-refractivity contribution < 1.29 is 4.79 Å². The molecule has 0 aliphatic heterocycles. The van der Waals surface area contributed by atoms with Gasteiger partial charge in [0.1, 0.15) is 11.1 Å². The Morgan fingerprint density at radius 3 is 2.81 bits per heavy atom. The van der Waals surface area contributed by atoms with Gasteiger partial charge in [0.2, 0.25) is 5.91 Å². The van der Waals surface area contributed by atoms with E-state index in [2.05, 4.69) is 16.4 Å². The van der Waals surface area contributed by atoms with Crippen LogP contribution in [0.4, 0.5) is 0 Å². The number of nitrogens with zero attached hydrogens (tertiary/aromatic N) is 2. The van der Waals surface area contributed by atoms with Crippen molar-refractivity contribution in [2.45, 2.75) is 18.0 Å². The van der Waals surface area contributed by atoms with Crippen molar-refractivity contribution >= 4 is 17.7 Å². The molecule has 1 aromatic carbocycles. The molecule has 0 saturated carbocycles. The average molecular weight is 297 g/mol. The third kappa shape index (κ3) is 4.33. The van der Waals surface area contributed by atoms with Crippen molar-refractivity contribution in [2.24, 2.45) is 0 Å². The zero-order chi connectivity index (χ0) is 15.1. The molecular formula is C16H15N3OS. The van der Waals surface area contributed by atoms with E-state index in [1.807, 2.05) is 37.3 Å². The Bertz CT molecular complexity index is 652. The highest BCUT2D eigenvalue weighted by molar-refractivity contribution is 7.99. The van der Waals surface area contributed by atoms with Crippen LogP contribution in [0, 0.1) is 11.3 Å². The van der Waals surface area contributed by atoms with Crippen LogP contribution in [0.2, 0.25) is 0 Å². The number of carbonyl (C=O) groups is 1. The molecule has 0 radical (unpaired) electrons. The van der Waals surface area contributed by atoms with Gasteiger partial charge in [-0.25, -0.2) is 4.98 Å². The lowest BCUT2D eigenvalue weighted by molar-refractivity contribution is -0.119. The van der Waals surface area contributed by atoms with Crippen LogP contribution in [0.15, 0.2) is 53.7 Å². The molecule has 4 nitrogen and oxygen atoms in total. The van der Waals surface area contributed by atoms with Crippen molar-refractivity contribution in [2.75, 3.05) is 5.75 Å². The molecular weight excluding hydrogens is 282 g/mol. The number of rotatable bonds is 5. The predicted molar refractivity (Wildman–Crippen MR) is 82.7 cm³/mol. The topological polar surface area (TPSA) is 65.8 Å². The van der Waals surface area contributed by atoms with Gasteiger partial charge in [0.05, 0.1) is 17.4 Å². The maximum Gasteiger partial charge on any atom is 0.230 e. The minimum atomic E-state index is -0.0779. The van der Waals surface area contributed by atoms with Crippen molar-refractivity contribution in [1.29, 1.82) is 5.26 Å². The Kier molecular flexibility index (Phi) is 5.35. The van der Waals surface area contributed by atoms with E-state index in [-0.39, 0.29) is 17.7 Å². The third-order valence-corrected chi connectivity index (χ3v) is 3.91. The SMILES string of the molecule is C[C@@H](NC(=O)CSc1ncccc1C#N)c1ccccc1. The van der Waals surface area contributed by atoms with E-state index >= 15 is 0 Å². The second-order valence-electron chi connectivity index (χ2n) is 4.46. The summed E-state index contributed by atoms with van der Waals surface area (Å²) < 4.78 is 0. The van der Waals surface area contributed by atoms with Gasteiger partial charge in [-0.05, 0) is 24.6 Å². The van der Waals surface area contributed by atoms with Crippen molar-refractivity contribution in [3.05, 3.63) is 59.8 Å². The summed E-state index contributed by atoms with van der Waals surface area (Å²) in [6.45, 7) is 1.94. The van der Waals surface area contributed by atoms with E-state index in [0.717, 1.165) is 5.56 Å². The van der Waals surface area contributed by atoms with Gasteiger partial charge in [-0.3, -0.25) is 4.79 Å². The van der Waals surface area contributed by atoms with E-state index in [1.54, 1.807) is 18.3 Å². The van der Waals surface area contributed by atoms with E-state index in [0.29, 0.717) is 10.6 Å². The van der Waals surface area contributed by atoms with Crippen LogP contribution in [0.3, 0.4) is 0 Å². The molecule has 0 bridgehead atoms. The molecule has 21 heavy (non-hydrogen) atoms. The van der Waals surface area contributed by atoms with Crippen molar-refractivity contribution in [1.82, 2.24) is 10.3 Å². The van der Waals surface area contributed by atoms with E-state index in [9.17, 15) is 4.79 Å². The number of hydrogen-bond acceptors (Lipinski definition) is 4. The van der Waals surface area contributed by atoms with Gasteiger partial charge < -0.3 is 5.32 Å². The Morgan fingerprint density at radius 1 is 1.33 bits per heavy atom. The third-order valence-electron chi connectivity index (χ3n) is 2.91. The van der Waals surface area contributed by atoms with Gasteiger partial charge in [0.25, 0.3) is 0 Å². The summed E-state index contributed by atoms with van der Waals surface area (Å²) in [6.07, 6.45) is 1.62. The zero-order valence-corrected chi connectivity index (χ0v) is 12.4. The van der Waals surface area contributed by atoms with Crippen LogP contribution in [0.25, 0.3) is 0 Å². The molecule has 0 spiro atoms. The molecule has 2 aromatic rings. The Balaban J connectivity index is 1.89. The molecule has 0 fully saturated rings. The summed E-state index contributed by atoms with van der Waals surface area (Å²) >= 11 is 1.27. The summed E-state index contributed by atoms with van der Waals surface area (Å²) in [4.78, 5) is 16.1. The highest BCUT2D eigenvalue weighted by atomic mass is 32.2. The maximum atomic E-state index is 12.0. The van der Waals surface area contributed by atoms with Crippen LogP contribution >= 0.6 is 11.8 Å². The number of hydrogen-bond donors (Lipinski definition) is 1. The van der Waals surface area contributed by atoms with Gasteiger partial charge in [-0.2, -0.15) is 5.26 Å². The van der Waals surface area contributed by atoms with Gasteiger partial charge in [-0.1, -0.05) is 42.1 Å². The number of benzene rings is 1. The van der Waals surface area contributed by atoms with Crippen LogP contribution in [-0.4, -0.2) is 16.6 Å². The van der Waals surface area contributed by atoms with E-state index in [4.69, 9.17) is 5.26 Å². The lowest BCUT2D eigenvalue weighted by Gasteiger charge is -2.14. The normalized spacial score (nSPS) is 11.4. The molecule has 1 N–H and O–H groups in total. The van der Waals surface area contributed by atoms with Crippen molar-refractivity contribution in [3.8, 4) is 6.07 Å². The highest BCUT2D eigenvalue weighted by Crippen LogP contribution is 2.19. The first kappa shape index (κ1) is 15.1. The number of nitriles is 1. The number of aromatic nitrogens is 1. The number of amides is 1. The first-order valence-electron chi connectivity index (χ1n) is 6.53. The van der Waals surface area contributed by atoms with Crippen molar-refractivity contribution in [3.63, 3.8) is 0 Å². The van der Waals surface area contributed by atoms with Gasteiger partial charge in [0, 0.05) is 6.20 Å². The molecule has 106 valence electrons. The Hall–Kier alpha value is -2.32. The molecule has 1 amide bonds. The van der Waals surface area contributed by atoms with Gasteiger partial charge in [-0.15, -0.1) is 0 Å². The number of nitrogens with one attached hydrogen (secondary N) is 1. The quantitative estimate of drug-likeness (QED) is 0.862. The first-order chi connectivity index (χ1) is 10.2. The number of carbonyl (C=O) groups excluding carboxylic acids is 1. The molecule has 5 heteroatoms. The fourth-order valence-corrected chi connectivity index (χ4v) is 2.59. The van der Waals surface area contributed by atoms with Crippen LogP contribution < -0.4 is 5.32 Å². The number of thioether (sulfide) groups is 1. The Morgan fingerprint density at radius 2 is 2.10 bits per heavy atom. The summed E-state index contributed by atoms with van der Waals surface area (Å²) in [6, 6.07) is 15.2. The maximum absolute atomic E-state index is 12.0.